The standard InChI is InChI=1S/C10H17N3OS/c1-2-3-13-4-5-14-8(7-13)9-6-12-10(11)15-9/h6,8H,2-5,7H2,1H3,(H2,11,12). The Morgan fingerprint density at radius 3 is 3.27 bits per heavy atom. The number of nitrogen functional groups attached to an aromatic ring is 1. The minimum Gasteiger partial charge on any atom is -0.375 e. The van der Waals surface area contributed by atoms with Crippen LogP contribution < -0.4 is 5.73 Å². The van der Waals surface area contributed by atoms with Crippen molar-refractivity contribution in [2.24, 2.45) is 0 Å². The molecule has 15 heavy (non-hydrogen) atoms. The zero-order chi connectivity index (χ0) is 10.7. The highest BCUT2D eigenvalue weighted by Crippen LogP contribution is 2.27. The maximum atomic E-state index is 5.73. The number of hydrogen-bond donors (Lipinski definition) is 1. The Morgan fingerprint density at radius 2 is 2.60 bits per heavy atom. The number of thiazole rings is 1. The Bertz CT molecular complexity index is 313. The van der Waals surface area contributed by atoms with Crippen molar-refractivity contribution in [3.05, 3.63) is 11.1 Å². The van der Waals surface area contributed by atoms with E-state index in [0.717, 1.165) is 31.1 Å². The molecular weight excluding hydrogens is 210 g/mol. The van der Waals surface area contributed by atoms with Crippen LogP contribution in [0.2, 0.25) is 0 Å². The summed E-state index contributed by atoms with van der Waals surface area (Å²) in [7, 11) is 0. The topological polar surface area (TPSA) is 51.4 Å². The summed E-state index contributed by atoms with van der Waals surface area (Å²) in [4.78, 5) is 7.64. The summed E-state index contributed by atoms with van der Waals surface area (Å²) in [5.74, 6) is 0. The van der Waals surface area contributed by atoms with Gasteiger partial charge in [-0.3, -0.25) is 4.90 Å². The van der Waals surface area contributed by atoms with E-state index in [0.29, 0.717) is 5.13 Å². The second-order valence-corrected chi connectivity index (χ2v) is 4.85. The molecule has 2 N–H and O–H groups in total. The fourth-order valence-electron chi connectivity index (χ4n) is 1.84. The molecule has 1 aliphatic heterocycles. The van der Waals surface area contributed by atoms with Crippen LogP contribution in [0.25, 0.3) is 0 Å². The molecule has 1 saturated heterocycles. The summed E-state index contributed by atoms with van der Waals surface area (Å²) in [6.45, 7) is 6.17. The van der Waals surface area contributed by atoms with Gasteiger partial charge in [0, 0.05) is 19.3 Å². The molecule has 84 valence electrons. The van der Waals surface area contributed by atoms with Crippen LogP contribution in [0.5, 0.6) is 0 Å². The van der Waals surface area contributed by atoms with E-state index in [-0.39, 0.29) is 6.10 Å². The van der Waals surface area contributed by atoms with Gasteiger partial charge in [-0.05, 0) is 13.0 Å². The lowest BCUT2D eigenvalue weighted by Crippen LogP contribution is -2.38. The molecule has 1 atom stereocenters. The predicted molar refractivity (Wildman–Crippen MR) is 62.0 cm³/mol. The number of rotatable bonds is 3. The fourth-order valence-corrected chi connectivity index (χ4v) is 2.57. The lowest BCUT2D eigenvalue weighted by Gasteiger charge is -2.31. The molecule has 5 heteroatoms. The molecule has 0 radical (unpaired) electrons. The zero-order valence-electron chi connectivity index (χ0n) is 8.98. The van der Waals surface area contributed by atoms with Crippen LogP contribution >= 0.6 is 11.3 Å². The van der Waals surface area contributed by atoms with E-state index in [4.69, 9.17) is 10.5 Å². The van der Waals surface area contributed by atoms with Crippen molar-refractivity contribution in [1.82, 2.24) is 9.88 Å². The minimum absolute atomic E-state index is 0.167. The number of hydrogen-bond acceptors (Lipinski definition) is 5. The quantitative estimate of drug-likeness (QED) is 0.850. The molecule has 1 aliphatic rings. The van der Waals surface area contributed by atoms with Gasteiger partial charge in [-0.25, -0.2) is 4.98 Å². The highest BCUT2D eigenvalue weighted by Gasteiger charge is 2.22. The first-order chi connectivity index (χ1) is 7.29. The normalized spacial score (nSPS) is 23.1. The average molecular weight is 227 g/mol. The molecule has 4 nitrogen and oxygen atoms in total. The van der Waals surface area contributed by atoms with Gasteiger partial charge in [0.25, 0.3) is 0 Å². The first-order valence-electron chi connectivity index (χ1n) is 5.34. The molecule has 0 bridgehead atoms. The lowest BCUT2D eigenvalue weighted by molar-refractivity contribution is -0.0281. The maximum Gasteiger partial charge on any atom is 0.180 e. The molecular formula is C10H17N3OS. The summed E-state index contributed by atoms with van der Waals surface area (Å²) in [5.41, 5.74) is 5.62. The number of anilines is 1. The molecule has 1 aromatic rings. The third-order valence-electron chi connectivity index (χ3n) is 2.55. The first kappa shape index (κ1) is 10.9. The number of nitrogens with zero attached hydrogens (tertiary/aromatic N) is 2. The van der Waals surface area contributed by atoms with E-state index >= 15 is 0 Å². The van der Waals surface area contributed by atoms with Gasteiger partial charge in [-0.2, -0.15) is 0 Å². The van der Waals surface area contributed by atoms with Crippen LogP contribution in [0.4, 0.5) is 5.13 Å². The third-order valence-corrected chi connectivity index (χ3v) is 3.47. The van der Waals surface area contributed by atoms with Gasteiger partial charge in [0.05, 0.1) is 11.5 Å². The number of morpholine rings is 1. The van der Waals surface area contributed by atoms with Crippen molar-refractivity contribution in [3.8, 4) is 0 Å². The van der Waals surface area contributed by atoms with Gasteiger partial charge in [0.2, 0.25) is 0 Å². The SMILES string of the molecule is CCCN1CCOC(c2cnc(N)s2)C1. The Morgan fingerprint density at radius 1 is 1.73 bits per heavy atom. The van der Waals surface area contributed by atoms with Crippen LogP contribution in [-0.2, 0) is 4.74 Å². The second-order valence-electron chi connectivity index (χ2n) is 3.76. The van der Waals surface area contributed by atoms with Crippen LogP contribution in [0.15, 0.2) is 6.20 Å². The summed E-state index contributed by atoms with van der Waals surface area (Å²) < 4.78 is 5.73. The van der Waals surface area contributed by atoms with Gasteiger partial charge >= 0.3 is 0 Å². The number of ether oxygens (including phenoxy) is 1. The van der Waals surface area contributed by atoms with Gasteiger partial charge in [0.15, 0.2) is 5.13 Å². The van der Waals surface area contributed by atoms with E-state index in [1.807, 2.05) is 6.20 Å². The van der Waals surface area contributed by atoms with Gasteiger partial charge in [-0.1, -0.05) is 18.3 Å². The zero-order valence-corrected chi connectivity index (χ0v) is 9.80. The fraction of sp³-hybridized carbons (Fsp3) is 0.700. The first-order valence-corrected chi connectivity index (χ1v) is 6.16. The van der Waals surface area contributed by atoms with E-state index in [2.05, 4.69) is 16.8 Å². The highest BCUT2D eigenvalue weighted by molar-refractivity contribution is 7.15. The van der Waals surface area contributed by atoms with Gasteiger partial charge in [-0.15, -0.1) is 0 Å². The molecule has 0 aromatic carbocycles. The van der Waals surface area contributed by atoms with Crippen molar-refractivity contribution < 1.29 is 4.74 Å². The highest BCUT2D eigenvalue weighted by atomic mass is 32.1. The maximum absolute atomic E-state index is 5.73. The van der Waals surface area contributed by atoms with Gasteiger partial charge < -0.3 is 10.5 Å². The molecule has 2 rings (SSSR count). The summed E-state index contributed by atoms with van der Waals surface area (Å²) in [6.07, 6.45) is 3.19. The van der Waals surface area contributed by atoms with Crippen molar-refractivity contribution >= 4 is 16.5 Å². The smallest absolute Gasteiger partial charge is 0.180 e. The third kappa shape index (κ3) is 2.68. The van der Waals surface area contributed by atoms with E-state index < -0.39 is 0 Å². The summed E-state index contributed by atoms with van der Waals surface area (Å²) in [5, 5.41) is 0.626. The molecule has 0 spiro atoms. The molecule has 1 aromatic heterocycles. The Kier molecular flexibility index (Phi) is 3.56. The van der Waals surface area contributed by atoms with Crippen LogP contribution in [-0.4, -0.2) is 36.1 Å². The van der Waals surface area contributed by atoms with E-state index in [9.17, 15) is 0 Å². The van der Waals surface area contributed by atoms with Crippen molar-refractivity contribution in [2.45, 2.75) is 19.4 Å². The molecule has 0 amide bonds. The van der Waals surface area contributed by atoms with Crippen LogP contribution in [0.1, 0.15) is 24.3 Å². The summed E-state index contributed by atoms with van der Waals surface area (Å²) >= 11 is 1.53. The lowest BCUT2D eigenvalue weighted by atomic mass is 10.2. The number of nitrogens with two attached hydrogens (primary N) is 1. The molecule has 1 unspecified atom stereocenters. The van der Waals surface area contributed by atoms with Crippen LogP contribution in [0.3, 0.4) is 0 Å². The largest absolute Gasteiger partial charge is 0.375 e. The average Bonchev–Trinajstić information content (AvgIpc) is 2.66. The Balaban J connectivity index is 1.98. The van der Waals surface area contributed by atoms with Crippen molar-refractivity contribution in [1.29, 1.82) is 0 Å². The molecule has 1 fully saturated rings. The van der Waals surface area contributed by atoms with Crippen molar-refractivity contribution in [3.63, 3.8) is 0 Å². The number of aromatic nitrogens is 1. The minimum atomic E-state index is 0.167. The molecule has 0 saturated carbocycles. The van der Waals surface area contributed by atoms with Crippen LogP contribution in [0, 0.1) is 0 Å². The monoisotopic (exact) mass is 227 g/mol. The molecule has 2 heterocycles. The van der Waals surface area contributed by atoms with Crippen molar-refractivity contribution in [2.75, 3.05) is 32.0 Å². The van der Waals surface area contributed by atoms with E-state index in [1.54, 1.807) is 0 Å². The molecule has 0 aliphatic carbocycles. The summed E-state index contributed by atoms with van der Waals surface area (Å²) in [6, 6.07) is 0. The predicted octanol–water partition coefficient (Wildman–Crippen LogP) is 1.51. The van der Waals surface area contributed by atoms with E-state index in [1.165, 1.54) is 17.8 Å². The van der Waals surface area contributed by atoms with Gasteiger partial charge in [0.1, 0.15) is 6.10 Å². The Labute approximate surface area is 94.1 Å². The second kappa shape index (κ2) is 4.92. The Hall–Kier alpha value is -0.650.